The summed E-state index contributed by atoms with van der Waals surface area (Å²) in [6, 6.07) is 6.09. The number of hydrogen-bond acceptors (Lipinski definition) is 3. The van der Waals surface area contributed by atoms with Crippen molar-refractivity contribution in [3.8, 4) is 0 Å². The smallest absolute Gasteiger partial charge is 0.0911 e. The molecule has 2 N–H and O–H groups in total. The minimum absolute atomic E-state index is 0.0328. The summed E-state index contributed by atoms with van der Waals surface area (Å²) in [5, 5.41) is 13.7. The molecular formula is C14H18ClNO2. The quantitative estimate of drug-likeness (QED) is 0.859. The molecule has 2 heterocycles. The molecule has 0 bridgehead atoms. The minimum Gasteiger partial charge on any atom is -0.396 e. The van der Waals surface area contributed by atoms with Crippen LogP contribution in [0.4, 0.5) is 0 Å². The van der Waals surface area contributed by atoms with Crippen molar-refractivity contribution in [2.75, 3.05) is 26.4 Å². The summed E-state index contributed by atoms with van der Waals surface area (Å²) in [4.78, 5) is 0. The number of halogens is 1. The Labute approximate surface area is 112 Å². The van der Waals surface area contributed by atoms with Gasteiger partial charge in [0.15, 0.2) is 0 Å². The predicted octanol–water partition coefficient (Wildman–Crippen LogP) is 1.81. The Kier molecular flexibility index (Phi) is 2.90. The zero-order valence-corrected chi connectivity index (χ0v) is 11.3. The van der Waals surface area contributed by atoms with E-state index in [1.807, 2.05) is 12.1 Å². The molecule has 98 valence electrons. The third kappa shape index (κ3) is 1.69. The average molecular weight is 268 g/mol. The topological polar surface area (TPSA) is 41.5 Å². The lowest BCUT2D eigenvalue weighted by Gasteiger charge is -2.51. The van der Waals surface area contributed by atoms with Gasteiger partial charge in [0.05, 0.1) is 18.8 Å². The number of benzene rings is 1. The van der Waals surface area contributed by atoms with Gasteiger partial charge in [0.25, 0.3) is 0 Å². The molecule has 1 aromatic carbocycles. The van der Waals surface area contributed by atoms with E-state index in [0.717, 1.165) is 31.2 Å². The van der Waals surface area contributed by atoms with Gasteiger partial charge in [0, 0.05) is 23.6 Å². The molecule has 2 aliphatic rings. The Bertz CT molecular complexity index is 473. The van der Waals surface area contributed by atoms with Gasteiger partial charge in [-0.05, 0) is 29.7 Å². The summed E-state index contributed by atoms with van der Waals surface area (Å²) in [7, 11) is 0. The summed E-state index contributed by atoms with van der Waals surface area (Å²) >= 11 is 6.14. The van der Waals surface area contributed by atoms with Crippen LogP contribution in [0.1, 0.15) is 24.5 Å². The SMILES string of the molecule is CC1(CCO)CNC2(COC2)c2ccc(Cl)cc21. The van der Waals surface area contributed by atoms with Crippen molar-refractivity contribution in [3.05, 3.63) is 34.3 Å². The van der Waals surface area contributed by atoms with E-state index < -0.39 is 0 Å². The number of rotatable bonds is 2. The third-order valence-electron chi connectivity index (χ3n) is 4.32. The maximum Gasteiger partial charge on any atom is 0.0911 e. The van der Waals surface area contributed by atoms with Crippen LogP contribution in [0.2, 0.25) is 5.02 Å². The Morgan fingerprint density at radius 2 is 2.17 bits per heavy atom. The maximum absolute atomic E-state index is 9.29. The van der Waals surface area contributed by atoms with E-state index in [2.05, 4.69) is 18.3 Å². The first-order valence-corrected chi connectivity index (χ1v) is 6.72. The number of fused-ring (bicyclic) bond motifs is 2. The van der Waals surface area contributed by atoms with Crippen molar-refractivity contribution in [2.24, 2.45) is 0 Å². The van der Waals surface area contributed by atoms with Crippen LogP contribution < -0.4 is 5.32 Å². The van der Waals surface area contributed by atoms with Crippen molar-refractivity contribution in [3.63, 3.8) is 0 Å². The first kappa shape index (κ1) is 12.4. The Hall–Kier alpha value is -0.610. The van der Waals surface area contributed by atoms with Crippen LogP contribution in [0.25, 0.3) is 0 Å². The van der Waals surface area contributed by atoms with E-state index in [0.29, 0.717) is 0 Å². The minimum atomic E-state index is -0.0597. The molecule has 1 spiro atoms. The number of nitrogens with one attached hydrogen (secondary N) is 1. The molecule has 0 radical (unpaired) electrons. The highest BCUT2D eigenvalue weighted by molar-refractivity contribution is 6.30. The number of aliphatic hydroxyl groups is 1. The molecule has 3 nitrogen and oxygen atoms in total. The summed E-state index contributed by atoms with van der Waals surface area (Å²) in [6.45, 7) is 4.66. The summed E-state index contributed by atoms with van der Waals surface area (Å²) in [6.07, 6.45) is 0.740. The maximum atomic E-state index is 9.29. The Morgan fingerprint density at radius 3 is 2.78 bits per heavy atom. The molecule has 1 unspecified atom stereocenters. The second-order valence-electron chi connectivity index (χ2n) is 5.65. The molecule has 0 aliphatic carbocycles. The summed E-state index contributed by atoms with van der Waals surface area (Å²) in [5.74, 6) is 0. The standard InChI is InChI=1S/C14H18ClNO2/c1-13(4-5-17)7-16-14(8-18-9-14)11-3-2-10(15)6-12(11)13/h2-3,6,16-17H,4-5,7-9H2,1H3. The van der Waals surface area contributed by atoms with Crippen molar-refractivity contribution < 1.29 is 9.84 Å². The monoisotopic (exact) mass is 267 g/mol. The molecule has 0 saturated carbocycles. The van der Waals surface area contributed by atoms with Gasteiger partial charge in [0.1, 0.15) is 0 Å². The molecule has 2 aliphatic heterocycles. The Morgan fingerprint density at radius 1 is 1.39 bits per heavy atom. The first-order chi connectivity index (χ1) is 8.60. The third-order valence-corrected chi connectivity index (χ3v) is 4.56. The summed E-state index contributed by atoms with van der Waals surface area (Å²) in [5.41, 5.74) is 2.44. The molecule has 1 atom stereocenters. The van der Waals surface area contributed by atoms with E-state index in [4.69, 9.17) is 16.3 Å². The lowest BCUT2D eigenvalue weighted by Crippen LogP contribution is -2.64. The largest absolute Gasteiger partial charge is 0.396 e. The molecule has 1 saturated heterocycles. The van der Waals surface area contributed by atoms with Crippen molar-refractivity contribution in [1.82, 2.24) is 5.32 Å². The van der Waals surface area contributed by atoms with Gasteiger partial charge >= 0.3 is 0 Å². The highest BCUT2D eigenvalue weighted by Gasteiger charge is 2.48. The van der Waals surface area contributed by atoms with E-state index in [-0.39, 0.29) is 17.6 Å². The second-order valence-corrected chi connectivity index (χ2v) is 6.09. The zero-order chi connectivity index (χ0) is 12.8. The van der Waals surface area contributed by atoms with Crippen molar-refractivity contribution in [1.29, 1.82) is 0 Å². The average Bonchev–Trinajstić information content (AvgIpc) is 2.29. The van der Waals surface area contributed by atoms with Gasteiger partial charge in [-0.25, -0.2) is 0 Å². The number of aliphatic hydroxyl groups excluding tert-OH is 1. The predicted molar refractivity (Wildman–Crippen MR) is 71.0 cm³/mol. The van der Waals surface area contributed by atoms with Crippen LogP contribution in [-0.2, 0) is 15.7 Å². The van der Waals surface area contributed by atoms with Crippen molar-refractivity contribution in [2.45, 2.75) is 24.3 Å². The lowest BCUT2D eigenvalue weighted by molar-refractivity contribution is -0.0865. The zero-order valence-electron chi connectivity index (χ0n) is 10.5. The fraction of sp³-hybridized carbons (Fsp3) is 0.571. The van der Waals surface area contributed by atoms with Gasteiger partial charge in [-0.2, -0.15) is 0 Å². The van der Waals surface area contributed by atoms with E-state index in [1.165, 1.54) is 11.1 Å². The first-order valence-electron chi connectivity index (χ1n) is 6.34. The number of ether oxygens (including phenoxy) is 1. The van der Waals surface area contributed by atoms with Crippen LogP contribution >= 0.6 is 11.6 Å². The highest BCUT2D eigenvalue weighted by atomic mass is 35.5. The fourth-order valence-electron chi connectivity index (χ4n) is 3.02. The Balaban J connectivity index is 2.11. The summed E-state index contributed by atoms with van der Waals surface area (Å²) < 4.78 is 5.39. The highest BCUT2D eigenvalue weighted by Crippen LogP contribution is 2.43. The van der Waals surface area contributed by atoms with Crippen LogP contribution in [0.3, 0.4) is 0 Å². The van der Waals surface area contributed by atoms with Gasteiger partial charge in [-0.3, -0.25) is 0 Å². The van der Waals surface area contributed by atoms with Gasteiger partial charge in [-0.15, -0.1) is 0 Å². The molecule has 4 heteroatoms. The molecule has 3 rings (SSSR count). The second kappa shape index (κ2) is 4.20. The lowest BCUT2D eigenvalue weighted by atomic mass is 9.68. The van der Waals surface area contributed by atoms with E-state index in [9.17, 15) is 5.11 Å². The molecule has 1 aromatic rings. The molecule has 0 amide bonds. The van der Waals surface area contributed by atoms with Gasteiger partial charge < -0.3 is 15.2 Å². The van der Waals surface area contributed by atoms with Crippen molar-refractivity contribution >= 4 is 11.6 Å². The van der Waals surface area contributed by atoms with Crippen LogP contribution in [-0.4, -0.2) is 31.5 Å². The van der Waals surface area contributed by atoms with Crippen LogP contribution in [0.15, 0.2) is 18.2 Å². The van der Waals surface area contributed by atoms with Crippen LogP contribution in [0.5, 0.6) is 0 Å². The van der Waals surface area contributed by atoms with Crippen LogP contribution in [0, 0.1) is 0 Å². The molecule has 0 aromatic heterocycles. The molecule has 18 heavy (non-hydrogen) atoms. The van der Waals surface area contributed by atoms with Gasteiger partial charge in [-0.1, -0.05) is 24.6 Å². The van der Waals surface area contributed by atoms with E-state index in [1.54, 1.807) is 0 Å². The number of hydrogen-bond donors (Lipinski definition) is 2. The molecular weight excluding hydrogens is 250 g/mol. The van der Waals surface area contributed by atoms with Gasteiger partial charge in [0.2, 0.25) is 0 Å². The van der Waals surface area contributed by atoms with E-state index >= 15 is 0 Å². The fourth-order valence-corrected chi connectivity index (χ4v) is 3.19. The normalized spacial score (nSPS) is 28.8. The molecule has 1 fully saturated rings.